The number of carbonyl (C=O) groups is 3. The van der Waals surface area contributed by atoms with E-state index < -0.39 is 5.82 Å². The van der Waals surface area contributed by atoms with Gasteiger partial charge in [-0.1, -0.05) is 30.0 Å². The summed E-state index contributed by atoms with van der Waals surface area (Å²) in [6.07, 6.45) is 2.52. The molecule has 1 saturated heterocycles. The molecule has 3 amide bonds. The summed E-state index contributed by atoms with van der Waals surface area (Å²) in [7, 11) is 1.64. The normalized spacial score (nSPS) is 17.5. The van der Waals surface area contributed by atoms with Crippen LogP contribution in [0.25, 0.3) is 6.08 Å². The van der Waals surface area contributed by atoms with E-state index in [0.29, 0.717) is 54.3 Å². The lowest BCUT2D eigenvalue weighted by Gasteiger charge is -2.31. The minimum Gasteiger partial charge on any atom is -0.450 e. The Hall–Kier alpha value is -3.33. The molecule has 0 aromatic heterocycles. The highest BCUT2D eigenvalue weighted by molar-refractivity contribution is 8.04. The van der Waals surface area contributed by atoms with Crippen molar-refractivity contribution in [1.29, 1.82) is 0 Å². The van der Waals surface area contributed by atoms with Gasteiger partial charge in [0.1, 0.15) is 5.82 Å². The van der Waals surface area contributed by atoms with Gasteiger partial charge in [-0.05, 0) is 50.1 Å². The molecule has 2 aromatic carbocycles. The van der Waals surface area contributed by atoms with Crippen LogP contribution in [0.3, 0.4) is 0 Å². The molecule has 0 unspecified atom stereocenters. The van der Waals surface area contributed by atoms with Crippen molar-refractivity contribution in [3.63, 3.8) is 0 Å². The van der Waals surface area contributed by atoms with E-state index in [1.807, 2.05) is 0 Å². The number of piperidine rings is 1. The molecule has 2 aliphatic heterocycles. The molecule has 9 heteroatoms. The third-order valence-electron chi connectivity index (χ3n) is 5.87. The Bertz CT molecular complexity index is 1140. The number of halogens is 1. The van der Waals surface area contributed by atoms with Crippen molar-refractivity contribution in [2.75, 3.05) is 31.6 Å². The molecule has 2 aromatic rings. The second kappa shape index (κ2) is 10.3. The van der Waals surface area contributed by atoms with E-state index in [2.05, 4.69) is 5.32 Å². The van der Waals surface area contributed by atoms with Crippen LogP contribution in [0.1, 0.15) is 35.7 Å². The monoisotopic (exact) mass is 483 g/mol. The van der Waals surface area contributed by atoms with Crippen LogP contribution in [0.4, 0.5) is 14.9 Å². The zero-order valence-electron chi connectivity index (χ0n) is 19.0. The minimum atomic E-state index is -0.392. The van der Waals surface area contributed by atoms with E-state index in [0.717, 1.165) is 4.90 Å². The fourth-order valence-electron chi connectivity index (χ4n) is 3.96. The third-order valence-corrected chi connectivity index (χ3v) is 6.94. The van der Waals surface area contributed by atoms with Crippen LogP contribution >= 0.6 is 11.8 Å². The summed E-state index contributed by atoms with van der Waals surface area (Å²) in [4.78, 5) is 42.0. The first-order chi connectivity index (χ1) is 16.4. The molecular weight excluding hydrogens is 457 g/mol. The SMILES string of the molecule is CCOC(=O)N1CCC(NC(=O)c2ccc3c(c2)N(C)C(=O)/C(=C/c2ccccc2F)S3)CC1. The highest BCUT2D eigenvalue weighted by Crippen LogP contribution is 2.42. The van der Waals surface area contributed by atoms with Crippen molar-refractivity contribution in [3.8, 4) is 0 Å². The van der Waals surface area contributed by atoms with E-state index in [4.69, 9.17) is 4.74 Å². The molecule has 34 heavy (non-hydrogen) atoms. The van der Waals surface area contributed by atoms with Gasteiger partial charge in [0.05, 0.1) is 17.2 Å². The molecule has 1 fully saturated rings. The van der Waals surface area contributed by atoms with Crippen LogP contribution < -0.4 is 10.2 Å². The second-order valence-corrected chi connectivity index (χ2v) is 9.20. The fourth-order valence-corrected chi connectivity index (χ4v) is 5.04. The summed E-state index contributed by atoms with van der Waals surface area (Å²) in [5.41, 5.74) is 1.43. The minimum absolute atomic E-state index is 0.0433. The number of hydrogen-bond acceptors (Lipinski definition) is 5. The van der Waals surface area contributed by atoms with Crippen LogP contribution in [0.15, 0.2) is 52.3 Å². The largest absolute Gasteiger partial charge is 0.450 e. The molecule has 0 atom stereocenters. The first-order valence-corrected chi connectivity index (χ1v) is 12.0. The Morgan fingerprint density at radius 1 is 1.21 bits per heavy atom. The Labute approximate surface area is 201 Å². The van der Waals surface area contributed by atoms with Crippen molar-refractivity contribution >= 4 is 41.4 Å². The second-order valence-electron chi connectivity index (χ2n) is 8.11. The van der Waals surface area contributed by atoms with Crippen LogP contribution in [-0.4, -0.2) is 55.6 Å². The Morgan fingerprint density at radius 2 is 1.94 bits per heavy atom. The zero-order valence-corrected chi connectivity index (χ0v) is 19.9. The predicted octanol–water partition coefficient (Wildman–Crippen LogP) is 4.29. The summed E-state index contributed by atoms with van der Waals surface area (Å²) in [5, 5.41) is 3.03. The number of fused-ring (bicyclic) bond motifs is 1. The highest BCUT2D eigenvalue weighted by Gasteiger charge is 2.29. The number of rotatable bonds is 4. The molecule has 0 bridgehead atoms. The number of benzene rings is 2. The van der Waals surface area contributed by atoms with Crippen molar-refractivity contribution in [1.82, 2.24) is 10.2 Å². The van der Waals surface area contributed by atoms with E-state index in [1.54, 1.807) is 61.3 Å². The quantitative estimate of drug-likeness (QED) is 0.657. The highest BCUT2D eigenvalue weighted by atomic mass is 32.2. The molecule has 1 N–H and O–H groups in total. The van der Waals surface area contributed by atoms with Gasteiger partial charge in [-0.25, -0.2) is 9.18 Å². The number of likely N-dealkylation sites (tertiary alicyclic amines) is 1. The molecule has 2 aliphatic rings. The molecule has 2 heterocycles. The number of ether oxygens (including phenoxy) is 1. The van der Waals surface area contributed by atoms with Crippen molar-refractivity contribution in [3.05, 3.63) is 64.3 Å². The lowest BCUT2D eigenvalue weighted by molar-refractivity contribution is -0.114. The van der Waals surface area contributed by atoms with Crippen molar-refractivity contribution in [2.24, 2.45) is 0 Å². The van der Waals surface area contributed by atoms with Crippen LogP contribution in [0.2, 0.25) is 0 Å². The summed E-state index contributed by atoms with van der Waals surface area (Å²) < 4.78 is 19.1. The first kappa shape index (κ1) is 23.8. The van der Waals surface area contributed by atoms with Gasteiger partial charge in [-0.2, -0.15) is 0 Å². The maximum absolute atomic E-state index is 14.0. The van der Waals surface area contributed by atoms with Crippen molar-refractivity contribution in [2.45, 2.75) is 30.7 Å². The first-order valence-electron chi connectivity index (χ1n) is 11.2. The Kier molecular flexibility index (Phi) is 7.21. The van der Waals surface area contributed by atoms with E-state index in [-0.39, 0.29) is 23.9 Å². The van der Waals surface area contributed by atoms with Gasteiger partial charge in [-0.3, -0.25) is 9.59 Å². The molecular formula is C25H26FN3O4S. The molecule has 4 rings (SSSR count). The summed E-state index contributed by atoms with van der Waals surface area (Å²) >= 11 is 1.26. The smallest absolute Gasteiger partial charge is 0.409 e. The van der Waals surface area contributed by atoms with Gasteiger partial charge in [0.15, 0.2) is 0 Å². The zero-order chi connectivity index (χ0) is 24.2. The number of thioether (sulfide) groups is 1. The number of carbonyl (C=O) groups excluding carboxylic acids is 3. The van der Waals surface area contributed by atoms with E-state index >= 15 is 0 Å². The Morgan fingerprint density at radius 3 is 2.65 bits per heavy atom. The van der Waals surface area contributed by atoms with Gasteiger partial charge < -0.3 is 19.9 Å². The van der Waals surface area contributed by atoms with Crippen LogP contribution in [0.5, 0.6) is 0 Å². The van der Waals surface area contributed by atoms with Crippen LogP contribution in [0, 0.1) is 5.82 Å². The lowest BCUT2D eigenvalue weighted by atomic mass is 10.0. The number of anilines is 1. The lowest BCUT2D eigenvalue weighted by Crippen LogP contribution is -2.46. The number of likely N-dealkylation sites (N-methyl/N-ethyl adjacent to an activating group) is 1. The van der Waals surface area contributed by atoms with E-state index in [1.165, 1.54) is 22.7 Å². The molecule has 0 spiro atoms. The maximum Gasteiger partial charge on any atom is 0.409 e. The van der Waals surface area contributed by atoms with Crippen molar-refractivity contribution < 1.29 is 23.5 Å². The predicted molar refractivity (Wildman–Crippen MR) is 129 cm³/mol. The van der Waals surface area contributed by atoms with Gasteiger partial charge in [0, 0.05) is 42.2 Å². The topological polar surface area (TPSA) is 79.0 Å². The van der Waals surface area contributed by atoms with Gasteiger partial charge >= 0.3 is 6.09 Å². The average molecular weight is 484 g/mol. The van der Waals surface area contributed by atoms with Gasteiger partial charge in [-0.15, -0.1) is 0 Å². The molecule has 0 radical (unpaired) electrons. The fraction of sp³-hybridized carbons (Fsp3) is 0.320. The number of amides is 3. The third kappa shape index (κ3) is 5.09. The van der Waals surface area contributed by atoms with E-state index in [9.17, 15) is 18.8 Å². The summed E-state index contributed by atoms with van der Waals surface area (Å²) in [6.45, 7) is 3.16. The average Bonchev–Trinajstić information content (AvgIpc) is 2.84. The number of hydrogen-bond donors (Lipinski definition) is 1. The summed E-state index contributed by atoms with van der Waals surface area (Å²) in [6, 6.07) is 11.5. The van der Waals surface area contributed by atoms with Crippen LogP contribution in [-0.2, 0) is 9.53 Å². The molecule has 7 nitrogen and oxygen atoms in total. The maximum atomic E-state index is 14.0. The molecule has 0 aliphatic carbocycles. The number of nitrogens with one attached hydrogen (secondary N) is 1. The molecule has 178 valence electrons. The van der Waals surface area contributed by atoms with Gasteiger partial charge in [0.2, 0.25) is 0 Å². The summed E-state index contributed by atoms with van der Waals surface area (Å²) in [5.74, 6) is -0.877. The molecule has 0 saturated carbocycles. The van der Waals surface area contributed by atoms with Gasteiger partial charge in [0.25, 0.3) is 11.8 Å². The Balaban J connectivity index is 1.44. The number of nitrogens with zero attached hydrogens (tertiary/aromatic N) is 2. The standard InChI is InChI=1S/C25H26FN3O4S/c1-3-33-25(32)29-12-10-18(11-13-29)27-23(30)17-8-9-21-20(14-17)28(2)24(31)22(34-21)15-16-6-4-5-7-19(16)26/h4-9,14-15,18H,3,10-13H2,1-2H3,(H,27,30)/b22-15-.